The van der Waals surface area contributed by atoms with Gasteiger partial charge in [-0.1, -0.05) is 25.6 Å². The molecular formula is C17H24N6O3S. The SMILES string of the molecule is C[C@H]1C[C@H](C)CN(c2nnc(SCC(=O)NC(N)=O)n2Cc2ccco2)C1. The highest BCUT2D eigenvalue weighted by molar-refractivity contribution is 7.99. The van der Waals surface area contributed by atoms with Crippen molar-refractivity contribution in [2.45, 2.75) is 32.0 Å². The Kier molecular flexibility index (Phi) is 6.04. The smallest absolute Gasteiger partial charge is 0.318 e. The molecule has 3 heterocycles. The van der Waals surface area contributed by atoms with Gasteiger partial charge in [0.2, 0.25) is 11.9 Å². The Hall–Kier alpha value is -2.49. The summed E-state index contributed by atoms with van der Waals surface area (Å²) in [5.41, 5.74) is 4.98. The molecule has 3 N–H and O–H groups in total. The predicted molar refractivity (Wildman–Crippen MR) is 101 cm³/mol. The van der Waals surface area contributed by atoms with Gasteiger partial charge in [0.15, 0.2) is 5.16 Å². The lowest BCUT2D eigenvalue weighted by atomic mass is 9.92. The van der Waals surface area contributed by atoms with Crippen LogP contribution in [0, 0.1) is 11.8 Å². The van der Waals surface area contributed by atoms with Crippen molar-refractivity contribution < 1.29 is 14.0 Å². The summed E-state index contributed by atoms with van der Waals surface area (Å²) in [5, 5.41) is 11.3. The molecule has 2 aromatic rings. The van der Waals surface area contributed by atoms with E-state index < -0.39 is 11.9 Å². The van der Waals surface area contributed by atoms with Crippen LogP contribution < -0.4 is 16.0 Å². The fourth-order valence-corrected chi connectivity index (χ4v) is 4.18. The molecule has 1 saturated heterocycles. The molecule has 3 rings (SSSR count). The van der Waals surface area contributed by atoms with Crippen LogP contribution in [0.5, 0.6) is 0 Å². The van der Waals surface area contributed by atoms with Crippen molar-refractivity contribution in [2.24, 2.45) is 17.6 Å². The first-order chi connectivity index (χ1) is 12.9. The van der Waals surface area contributed by atoms with Crippen molar-refractivity contribution in [2.75, 3.05) is 23.7 Å². The summed E-state index contributed by atoms with van der Waals surface area (Å²) in [6, 6.07) is 2.85. The quantitative estimate of drug-likeness (QED) is 0.718. The van der Waals surface area contributed by atoms with Crippen molar-refractivity contribution in [3.63, 3.8) is 0 Å². The summed E-state index contributed by atoms with van der Waals surface area (Å²) in [5.74, 6) is 2.23. The van der Waals surface area contributed by atoms with Gasteiger partial charge in [-0.2, -0.15) is 0 Å². The van der Waals surface area contributed by atoms with E-state index >= 15 is 0 Å². The highest BCUT2D eigenvalue weighted by atomic mass is 32.2. The zero-order valence-electron chi connectivity index (χ0n) is 15.4. The van der Waals surface area contributed by atoms with E-state index in [1.807, 2.05) is 16.7 Å². The summed E-state index contributed by atoms with van der Waals surface area (Å²) in [7, 11) is 0. The molecule has 1 aliphatic heterocycles. The van der Waals surface area contributed by atoms with Gasteiger partial charge in [-0.05, 0) is 30.4 Å². The molecule has 0 aromatic carbocycles. The van der Waals surface area contributed by atoms with Crippen LogP contribution in [-0.4, -0.2) is 45.5 Å². The second kappa shape index (κ2) is 8.47. The number of aromatic nitrogens is 3. The molecule has 0 unspecified atom stereocenters. The summed E-state index contributed by atoms with van der Waals surface area (Å²) in [4.78, 5) is 24.8. The maximum absolute atomic E-state index is 11.7. The fraction of sp³-hybridized carbons (Fsp3) is 0.529. The Morgan fingerprint density at radius 2 is 2.07 bits per heavy atom. The van der Waals surface area contributed by atoms with Crippen LogP contribution in [-0.2, 0) is 11.3 Å². The number of primary amides is 1. The van der Waals surface area contributed by atoms with Crippen LogP contribution in [0.4, 0.5) is 10.7 Å². The fourth-order valence-electron chi connectivity index (χ4n) is 3.45. The molecule has 1 fully saturated rings. The molecule has 0 aliphatic carbocycles. The zero-order valence-corrected chi connectivity index (χ0v) is 16.2. The number of carbonyl (C=O) groups is 2. The molecule has 9 nitrogen and oxygen atoms in total. The largest absolute Gasteiger partial charge is 0.467 e. The minimum Gasteiger partial charge on any atom is -0.467 e. The number of hydrogen-bond acceptors (Lipinski definition) is 7. The Morgan fingerprint density at radius 3 is 2.70 bits per heavy atom. The second-order valence-corrected chi connectivity index (χ2v) is 7.94. The van der Waals surface area contributed by atoms with Gasteiger partial charge in [0.05, 0.1) is 18.6 Å². The Balaban J connectivity index is 1.81. The number of furan rings is 1. The lowest BCUT2D eigenvalue weighted by Gasteiger charge is -2.35. The molecule has 0 saturated carbocycles. The normalized spacial score (nSPS) is 19.9. The predicted octanol–water partition coefficient (Wildman–Crippen LogP) is 1.69. The lowest BCUT2D eigenvalue weighted by molar-refractivity contribution is -0.117. The third kappa shape index (κ3) is 5.03. The number of nitrogens with two attached hydrogens (primary N) is 1. The van der Waals surface area contributed by atoms with E-state index in [1.165, 1.54) is 18.2 Å². The first-order valence-electron chi connectivity index (χ1n) is 8.85. The van der Waals surface area contributed by atoms with Crippen LogP contribution in [0.15, 0.2) is 28.0 Å². The first-order valence-corrected chi connectivity index (χ1v) is 9.83. The standard InChI is InChI=1S/C17H24N6O3S/c1-11-6-12(2)8-22(7-11)16-20-21-17(27-10-14(24)19-15(18)25)23(16)9-13-4-3-5-26-13/h3-5,11-12H,6-10H2,1-2H3,(H3,18,19,24,25)/t11-,12-/m0/s1. The molecule has 0 spiro atoms. The van der Waals surface area contributed by atoms with Gasteiger partial charge in [-0.3, -0.25) is 14.7 Å². The molecule has 1 aliphatic rings. The van der Waals surface area contributed by atoms with E-state index in [0.717, 1.165) is 24.8 Å². The van der Waals surface area contributed by atoms with E-state index in [4.69, 9.17) is 10.2 Å². The molecule has 27 heavy (non-hydrogen) atoms. The number of rotatable bonds is 6. The van der Waals surface area contributed by atoms with Crippen molar-refractivity contribution in [3.8, 4) is 0 Å². The number of carbonyl (C=O) groups excluding carboxylic acids is 2. The van der Waals surface area contributed by atoms with E-state index in [1.54, 1.807) is 6.26 Å². The van der Waals surface area contributed by atoms with E-state index in [0.29, 0.717) is 23.5 Å². The van der Waals surface area contributed by atoms with Crippen molar-refractivity contribution >= 4 is 29.6 Å². The van der Waals surface area contributed by atoms with Gasteiger partial charge in [0, 0.05) is 13.1 Å². The highest BCUT2D eigenvalue weighted by Crippen LogP contribution is 2.28. The second-order valence-electron chi connectivity index (χ2n) is 7.00. The molecule has 2 atom stereocenters. The third-order valence-electron chi connectivity index (χ3n) is 4.34. The molecule has 146 valence electrons. The number of hydrogen-bond donors (Lipinski definition) is 2. The third-order valence-corrected chi connectivity index (χ3v) is 5.30. The number of imide groups is 1. The molecule has 10 heteroatoms. The first kappa shape index (κ1) is 19.3. The maximum atomic E-state index is 11.7. The van der Waals surface area contributed by atoms with Gasteiger partial charge in [0.25, 0.3) is 0 Å². The minimum absolute atomic E-state index is 0.0199. The average Bonchev–Trinajstić information content (AvgIpc) is 3.22. The molecular weight excluding hydrogens is 368 g/mol. The Morgan fingerprint density at radius 1 is 1.33 bits per heavy atom. The zero-order chi connectivity index (χ0) is 19.4. The Labute approximate surface area is 161 Å². The van der Waals surface area contributed by atoms with Crippen LogP contribution in [0.25, 0.3) is 0 Å². The van der Waals surface area contributed by atoms with E-state index in [9.17, 15) is 9.59 Å². The van der Waals surface area contributed by atoms with E-state index in [-0.39, 0.29) is 5.75 Å². The Bertz CT molecular complexity index is 781. The topological polar surface area (TPSA) is 119 Å². The van der Waals surface area contributed by atoms with E-state index in [2.05, 4.69) is 34.3 Å². The van der Waals surface area contributed by atoms with Gasteiger partial charge in [0.1, 0.15) is 5.76 Å². The van der Waals surface area contributed by atoms with Gasteiger partial charge < -0.3 is 15.1 Å². The molecule has 3 amide bonds. The molecule has 2 aromatic heterocycles. The highest BCUT2D eigenvalue weighted by Gasteiger charge is 2.27. The van der Waals surface area contributed by atoms with Gasteiger partial charge >= 0.3 is 6.03 Å². The van der Waals surface area contributed by atoms with Gasteiger partial charge in [-0.15, -0.1) is 10.2 Å². The molecule has 0 radical (unpaired) electrons. The van der Waals surface area contributed by atoms with Gasteiger partial charge in [-0.25, -0.2) is 4.79 Å². The number of piperidine rings is 1. The van der Waals surface area contributed by atoms with Crippen molar-refractivity contribution in [1.29, 1.82) is 0 Å². The number of nitrogens with zero attached hydrogens (tertiary/aromatic N) is 4. The summed E-state index contributed by atoms with van der Waals surface area (Å²) in [6.45, 7) is 6.76. The monoisotopic (exact) mass is 392 g/mol. The van der Waals surface area contributed by atoms with Crippen molar-refractivity contribution in [3.05, 3.63) is 24.2 Å². The number of amides is 3. The lowest BCUT2D eigenvalue weighted by Crippen LogP contribution is -2.40. The maximum Gasteiger partial charge on any atom is 0.318 e. The minimum atomic E-state index is -0.866. The number of thioether (sulfide) groups is 1. The summed E-state index contributed by atoms with van der Waals surface area (Å²) >= 11 is 1.21. The number of urea groups is 1. The van der Waals surface area contributed by atoms with Crippen LogP contribution >= 0.6 is 11.8 Å². The summed E-state index contributed by atoms with van der Waals surface area (Å²) in [6.07, 6.45) is 2.81. The van der Waals surface area contributed by atoms with Crippen LogP contribution in [0.1, 0.15) is 26.0 Å². The van der Waals surface area contributed by atoms with Crippen LogP contribution in [0.2, 0.25) is 0 Å². The van der Waals surface area contributed by atoms with Crippen molar-refractivity contribution in [1.82, 2.24) is 20.1 Å². The van der Waals surface area contributed by atoms with Crippen LogP contribution in [0.3, 0.4) is 0 Å². The summed E-state index contributed by atoms with van der Waals surface area (Å²) < 4.78 is 7.43. The molecule has 0 bridgehead atoms. The number of nitrogens with one attached hydrogen (secondary N) is 1. The average molecular weight is 392 g/mol. The number of anilines is 1.